The number of nitrogens with one attached hydrogen (secondary N) is 3. The summed E-state index contributed by atoms with van der Waals surface area (Å²) < 4.78 is 42.4. The van der Waals surface area contributed by atoms with E-state index in [1.54, 1.807) is 18.7 Å². The summed E-state index contributed by atoms with van der Waals surface area (Å²) in [6.45, 7) is 12.7. The van der Waals surface area contributed by atoms with Gasteiger partial charge >= 0.3 is 6.18 Å². The number of nitrogens with zero attached hydrogens (tertiary/aromatic N) is 9. The molecule has 0 aromatic rings. The van der Waals surface area contributed by atoms with E-state index in [0.717, 1.165) is 69.1 Å². The second-order valence-electron chi connectivity index (χ2n) is 32.4. The molecular weight excluding hydrogens is 1370 g/mol. The summed E-state index contributed by atoms with van der Waals surface area (Å²) in [5, 5.41) is 7.67. The van der Waals surface area contributed by atoms with Gasteiger partial charge in [0.15, 0.2) is 0 Å². The number of carbonyl (C=O) groups excluding carboxylic acids is 12. The standard InChI is InChI=1S/C76H124ClF3N12O12/c1-15-47(4)63-72(102)86(10)50(7)67(97)92-40-35-57(92)70(100)88(12)59(43-53-29-27-46(3)28-30-53)69(99)84(8)45-61(93)81-56(34-32-52-31-33-54(55(77)41-52)76(78,79)80)68(98)87(11)58(42-51-25-19-17-20-26-51)66(96)83-75(36-21-22-37-75)74(104)90(14)64(48(5)16-2)73(103)89(13)60(71(101)91-38-23-18-24-39-91)44-62(94)85(9)49(6)65(95)82-63/h46-60,63-64H,15-45H2,1-14H3,(H,81,93)(H,82,95)(H,83,96)/t46?,47-,48-,49-,50-,52?,53?,54?,55?,56-,57-,58+,59-,60-,63-,64-/m0/s1. The van der Waals surface area contributed by atoms with Gasteiger partial charge in [0.1, 0.15) is 59.9 Å². The first kappa shape index (κ1) is 85.0. The highest BCUT2D eigenvalue weighted by Crippen LogP contribution is 2.44. The van der Waals surface area contributed by atoms with Crippen LogP contribution in [-0.2, 0) is 57.5 Å². The quantitative estimate of drug-likeness (QED) is 0.160. The number of rotatable bonds is 12. The maximum Gasteiger partial charge on any atom is 0.393 e. The molecule has 7 rings (SSSR count). The summed E-state index contributed by atoms with van der Waals surface area (Å²) in [6.07, 6.45) is 7.56. The smallest absolute Gasteiger partial charge is 0.343 e. The number of fused-ring (bicyclic) bond motifs is 1. The predicted molar refractivity (Wildman–Crippen MR) is 388 cm³/mol. The normalized spacial score (nSPS) is 32.2. The molecule has 4 aliphatic carbocycles. The summed E-state index contributed by atoms with van der Waals surface area (Å²) in [7, 11) is 10.1. The lowest BCUT2D eigenvalue weighted by molar-refractivity contribution is -0.182. The van der Waals surface area contributed by atoms with E-state index in [4.69, 9.17) is 11.6 Å². The maximum atomic E-state index is 15.8. The molecule has 0 radical (unpaired) electrons. The first-order chi connectivity index (χ1) is 49.0. The minimum Gasteiger partial charge on any atom is -0.343 e. The van der Waals surface area contributed by atoms with Crippen molar-refractivity contribution in [2.75, 3.05) is 75.5 Å². The van der Waals surface area contributed by atoms with Gasteiger partial charge in [0.05, 0.1) is 18.9 Å². The summed E-state index contributed by atoms with van der Waals surface area (Å²) in [5.41, 5.74) is -1.59. The van der Waals surface area contributed by atoms with Crippen molar-refractivity contribution < 1.29 is 70.7 Å². The second-order valence-corrected chi connectivity index (χ2v) is 32.9. The van der Waals surface area contributed by atoms with E-state index < -0.39 is 173 Å². The van der Waals surface area contributed by atoms with Crippen LogP contribution in [0.3, 0.4) is 0 Å². The Bertz CT molecular complexity index is 3030. The molecule has 0 bridgehead atoms. The Kier molecular flexibility index (Phi) is 30.6. The van der Waals surface area contributed by atoms with Gasteiger partial charge in [-0.15, -0.1) is 11.6 Å². The Morgan fingerprint density at radius 2 is 1.13 bits per heavy atom. The van der Waals surface area contributed by atoms with E-state index in [0.29, 0.717) is 57.5 Å². The fraction of sp³-hybridized carbons (Fsp3) is 0.842. The molecule has 3 unspecified atom stereocenters. The molecule has 3 saturated heterocycles. The average molecular weight is 1490 g/mol. The van der Waals surface area contributed by atoms with Crippen molar-refractivity contribution in [2.24, 2.45) is 41.4 Å². The Morgan fingerprint density at radius 1 is 0.558 bits per heavy atom. The Morgan fingerprint density at radius 3 is 1.71 bits per heavy atom. The third kappa shape index (κ3) is 20.5. The van der Waals surface area contributed by atoms with Crippen LogP contribution in [0.1, 0.15) is 222 Å². The SMILES string of the molecule is CC[C@H](C)[C@@H]1NC(=O)[C@H](C)N(C)C(=O)C[C@@H](C(=O)N2CCCCC2)N(C)C(=O)[C@H]([C@@H](C)CC)N(C)C(=O)C2(CCCC2)NC(=O)[C@@H](CC2CCCCC2)N(C)C(=O)[C@H](CCC2CCC(C(F)(F)F)C(Cl)C2)NC(=O)CN(C)C(=O)[C@H](CC2CCC(C)CC2)N(C)C(=O)[C@@H]2CCN2C(=O)[C@H](C)N(C)C1=O. The van der Waals surface area contributed by atoms with E-state index in [1.165, 1.54) is 97.5 Å². The molecule has 7 aliphatic rings. The number of amides is 12. The van der Waals surface area contributed by atoms with Gasteiger partial charge in [0, 0.05) is 74.3 Å². The highest BCUT2D eigenvalue weighted by Gasteiger charge is 2.52. The molecule has 588 valence electrons. The molecule has 3 aliphatic heterocycles. The van der Waals surface area contributed by atoms with Crippen LogP contribution >= 0.6 is 11.6 Å². The molecule has 12 amide bonds. The zero-order valence-electron chi connectivity index (χ0n) is 64.7. The molecule has 28 heteroatoms. The van der Waals surface area contributed by atoms with Crippen molar-refractivity contribution in [1.82, 2.24) is 60.0 Å². The van der Waals surface area contributed by atoms with Gasteiger partial charge in [-0.1, -0.05) is 118 Å². The maximum absolute atomic E-state index is 15.8. The van der Waals surface area contributed by atoms with Crippen LogP contribution in [-0.4, -0.2) is 262 Å². The lowest BCUT2D eigenvalue weighted by atomic mass is 9.78. The highest BCUT2D eigenvalue weighted by atomic mass is 35.5. The van der Waals surface area contributed by atoms with E-state index in [9.17, 15) is 46.7 Å². The van der Waals surface area contributed by atoms with Crippen LogP contribution in [0, 0.1) is 41.4 Å². The molecule has 0 aromatic heterocycles. The highest BCUT2D eigenvalue weighted by molar-refractivity contribution is 6.21. The fourth-order valence-electron chi connectivity index (χ4n) is 17.2. The zero-order valence-corrected chi connectivity index (χ0v) is 65.4. The first-order valence-electron chi connectivity index (χ1n) is 39.0. The number of halogens is 4. The van der Waals surface area contributed by atoms with Gasteiger partial charge in [-0.25, -0.2) is 0 Å². The third-order valence-corrected chi connectivity index (χ3v) is 25.8. The number of hydrogen-bond donors (Lipinski definition) is 3. The van der Waals surface area contributed by atoms with Crippen LogP contribution in [0.2, 0.25) is 0 Å². The predicted octanol–water partition coefficient (Wildman–Crippen LogP) is 7.51. The Hall–Kier alpha value is -6.28. The molecule has 3 heterocycles. The molecule has 4 saturated carbocycles. The summed E-state index contributed by atoms with van der Waals surface area (Å²) in [4.78, 5) is 193. The minimum absolute atomic E-state index is 0.00557. The number of alkyl halides is 4. The molecule has 14 atom stereocenters. The molecular formula is C76H124ClF3N12O12. The topological polar surface area (TPSA) is 270 Å². The lowest BCUT2D eigenvalue weighted by Crippen LogP contribution is -2.65. The molecule has 1 spiro atoms. The minimum atomic E-state index is -4.52. The Balaban J connectivity index is 1.30. The van der Waals surface area contributed by atoms with E-state index in [-0.39, 0.29) is 88.5 Å². The van der Waals surface area contributed by atoms with Crippen molar-refractivity contribution >= 4 is 82.5 Å². The monoisotopic (exact) mass is 1490 g/mol. The molecule has 104 heavy (non-hydrogen) atoms. The number of likely N-dealkylation sites (tertiary alicyclic amines) is 1. The Labute approximate surface area is 620 Å². The van der Waals surface area contributed by atoms with E-state index in [2.05, 4.69) is 22.9 Å². The molecule has 3 N–H and O–H groups in total. The van der Waals surface area contributed by atoms with Crippen LogP contribution in [0.25, 0.3) is 0 Å². The number of hydrogen-bond acceptors (Lipinski definition) is 12. The van der Waals surface area contributed by atoms with Gasteiger partial charge in [-0.3, -0.25) is 57.5 Å². The van der Waals surface area contributed by atoms with Crippen LogP contribution in [0.15, 0.2) is 0 Å². The van der Waals surface area contributed by atoms with Gasteiger partial charge < -0.3 is 60.0 Å². The summed E-state index contributed by atoms with van der Waals surface area (Å²) in [5.74, 6) is -10.2. The van der Waals surface area contributed by atoms with Crippen LogP contribution in [0.4, 0.5) is 13.2 Å². The first-order valence-corrected chi connectivity index (χ1v) is 39.5. The number of likely N-dealkylation sites (N-methyl/N-ethyl adjacent to an activating group) is 7. The summed E-state index contributed by atoms with van der Waals surface area (Å²) in [6, 6.07) is -11.0. The zero-order chi connectivity index (χ0) is 77.0. The number of carbonyl (C=O) groups is 12. The second kappa shape index (κ2) is 37.5. The van der Waals surface area contributed by atoms with Crippen molar-refractivity contribution in [2.45, 2.75) is 293 Å². The largest absolute Gasteiger partial charge is 0.393 e. The van der Waals surface area contributed by atoms with Gasteiger partial charge in [0.25, 0.3) is 0 Å². The molecule has 24 nitrogen and oxygen atoms in total. The van der Waals surface area contributed by atoms with Crippen LogP contribution in [0.5, 0.6) is 0 Å². The lowest BCUT2D eigenvalue weighted by Gasteiger charge is -2.45. The molecule has 7 fully saturated rings. The van der Waals surface area contributed by atoms with E-state index >= 15 is 24.0 Å². The van der Waals surface area contributed by atoms with Gasteiger partial charge in [0.2, 0.25) is 70.9 Å². The van der Waals surface area contributed by atoms with Gasteiger partial charge in [-0.05, 0) is 133 Å². The van der Waals surface area contributed by atoms with Crippen molar-refractivity contribution in [3.63, 3.8) is 0 Å². The van der Waals surface area contributed by atoms with Crippen molar-refractivity contribution in [3.05, 3.63) is 0 Å². The fourth-order valence-corrected chi connectivity index (χ4v) is 17.7. The van der Waals surface area contributed by atoms with E-state index in [1.807, 2.05) is 13.8 Å². The van der Waals surface area contributed by atoms with Crippen molar-refractivity contribution in [1.29, 1.82) is 0 Å². The van der Waals surface area contributed by atoms with Gasteiger partial charge in [-0.2, -0.15) is 13.2 Å². The average Bonchev–Trinajstić information content (AvgIpc) is 1.33. The number of piperidine rings is 1. The summed E-state index contributed by atoms with van der Waals surface area (Å²) >= 11 is 6.47. The van der Waals surface area contributed by atoms with Crippen LogP contribution < -0.4 is 16.0 Å². The molecule has 0 aromatic carbocycles. The van der Waals surface area contributed by atoms with Crippen molar-refractivity contribution in [3.8, 4) is 0 Å². The third-order valence-electron chi connectivity index (χ3n) is 25.3.